The standard InChI is InChI=1S/C30H42O4S/c1-21-11-7-10-16-25(21)26-20-24(15-9-8-14-23-12-5-4-6-13-23)19-22(2)28(26)30(33)34-27(29(31)32)17-18-35-3/h7,10-11,16,20,22-23,27H,4-6,8-9,12-15,17-19H2,1-3H3,(H,31,32). The molecule has 2 aliphatic carbocycles. The third-order valence-electron chi connectivity index (χ3n) is 7.55. The lowest BCUT2D eigenvalue weighted by atomic mass is 9.79. The average Bonchev–Trinajstić information content (AvgIpc) is 2.84. The van der Waals surface area contributed by atoms with Crippen molar-refractivity contribution in [2.45, 2.75) is 90.6 Å². The van der Waals surface area contributed by atoms with Crippen molar-refractivity contribution in [1.82, 2.24) is 0 Å². The van der Waals surface area contributed by atoms with Crippen molar-refractivity contribution in [3.63, 3.8) is 0 Å². The van der Waals surface area contributed by atoms with Crippen molar-refractivity contribution in [3.8, 4) is 0 Å². The van der Waals surface area contributed by atoms with Crippen molar-refractivity contribution in [2.75, 3.05) is 12.0 Å². The van der Waals surface area contributed by atoms with E-state index in [1.165, 1.54) is 56.9 Å². The molecule has 1 aromatic rings. The van der Waals surface area contributed by atoms with E-state index in [1.54, 1.807) is 11.8 Å². The van der Waals surface area contributed by atoms with Gasteiger partial charge in [-0.1, -0.05) is 87.8 Å². The second kappa shape index (κ2) is 13.9. The summed E-state index contributed by atoms with van der Waals surface area (Å²) in [5.41, 5.74) is 5.03. The Kier molecular flexibility index (Phi) is 11.0. The third-order valence-corrected chi connectivity index (χ3v) is 8.19. The van der Waals surface area contributed by atoms with Gasteiger partial charge in [0.1, 0.15) is 0 Å². The van der Waals surface area contributed by atoms with Crippen molar-refractivity contribution in [2.24, 2.45) is 11.8 Å². The fraction of sp³-hybridized carbons (Fsp3) is 0.600. The van der Waals surface area contributed by atoms with Gasteiger partial charge in [0.25, 0.3) is 0 Å². The van der Waals surface area contributed by atoms with Crippen molar-refractivity contribution < 1.29 is 19.4 Å². The molecule has 2 atom stereocenters. The van der Waals surface area contributed by atoms with Crippen LogP contribution in [0.1, 0.15) is 88.7 Å². The number of carbonyl (C=O) groups excluding carboxylic acids is 1. The lowest BCUT2D eigenvalue weighted by Gasteiger charge is -2.27. The Hall–Kier alpha value is -2.01. The Labute approximate surface area is 215 Å². The normalized spacial score (nSPS) is 19.9. The molecule has 2 unspecified atom stereocenters. The predicted molar refractivity (Wildman–Crippen MR) is 146 cm³/mol. The van der Waals surface area contributed by atoms with Crippen LogP contribution in [0.15, 0.2) is 41.5 Å². The lowest BCUT2D eigenvalue weighted by Crippen LogP contribution is -2.30. The fourth-order valence-corrected chi connectivity index (χ4v) is 6.05. The Morgan fingerprint density at radius 2 is 1.89 bits per heavy atom. The predicted octanol–water partition coefficient (Wildman–Crippen LogP) is 7.61. The number of aliphatic carboxylic acids is 1. The summed E-state index contributed by atoms with van der Waals surface area (Å²) in [6.07, 6.45) is 16.0. The van der Waals surface area contributed by atoms with Crippen LogP contribution < -0.4 is 0 Å². The summed E-state index contributed by atoms with van der Waals surface area (Å²) in [7, 11) is 0. The summed E-state index contributed by atoms with van der Waals surface area (Å²) in [6, 6.07) is 8.10. The summed E-state index contributed by atoms with van der Waals surface area (Å²) in [4.78, 5) is 25.1. The Balaban J connectivity index is 1.79. The van der Waals surface area contributed by atoms with Crippen LogP contribution in [0.3, 0.4) is 0 Å². The van der Waals surface area contributed by atoms with E-state index in [2.05, 4.69) is 32.1 Å². The first-order valence-electron chi connectivity index (χ1n) is 13.3. The van der Waals surface area contributed by atoms with Crippen LogP contribution in [0.25, 0.3) is 5.57 Å². The minimum Gasteiger partial charge on any atom is -0.479 e. The molecule has 0 radical (unpaired) electrons. The summed E-state index contributed by atoms with van der Waals surface area (Å²) in [6.45, 7) is 4.13. The van der Waals surface area contributed by atoms with E-state index in [-0.39, 0.29) is 5.92 Å². The smallest absolute Gasteiger partial charge is 0.345 e. The second-order valence-electron chi connectivity index (χ2n) is 10.3. The number of rotatable bonds is 12. The molecule has 1 fully saturated rings. The van der Waals surface area contributed by atoms with Crippen molar-refractivity contribution >= 4 is 29.3 Å². The van der Waals surface area contributed by atoms with E-state index >= 15 is 0 Å². The number of hydrogen-bond acceptors (Lipinski definition) is 4. The van der Waals surface area contributed by atoms with E-state index in [4.69, 9.17) is 4.74 Å². The highest BCUT2D eigenvalue weighted by Gasteiger charge is 2.31. The van der Waals surface area contributed by atoms with Gasteiger partial charge in [-0.2, -0.15) is 11.8 Å². The molecule has 0 bridgehead atoms. The number of benzene rings is 1. The fourth-order valence-electron chi connectivity index (χ4n) is 5.60. The number of hydrogen-bond donors (Lipinski definition) is 1. The van der Waals surface area contributed by atoms with Crippen molar-refractivity contribution in [3.05, 3.63) is 52.6 Å². The second-order valence-corrected chi connectivity index (χ2v) is 11.3. The maximum atomic E-state index is 13.3. The summed E-state index contributed by atoms with van der Waals surface area (Å²) < 4.78 is 5.58. The first kappa shape index (κ1) is 27.6. The molecular formula is C30H42O4S. The molecule has 0 aliphatic heterocycles. The molecule has 2 aliphatic rings. The van der Waals surface area contributed by atoms with Crippen LogP contribution >= 0.6 is 11.8 Å². The molecule has 35 heavy (non-hydrogen) atoms. The van der Waals surface area contributed by atoms with E-state index in [0.717, 1.165) is 35.5 Å². The quantitative estimate of drug-likeness (QED) is 0.237. The van der Waals surface area contributed by atoms with Gasteiger partial charge in [-0.3, -0.25) is 0 Å². The number of carboxylic acid groups (broad SMARTS) is 1. The molecular weight excluding hydrogens is 456 g/mol. The number of allylic oxidation sites excluding steroid dienone is 3. The third kappa shape index (κ3) is 7.99. The van der Waals surface area contributed by atoms with Crippen molar-refractivity contribution in [1.29, 1.82) is 0 Å². The van der Waals surface area contributed by atoms with Gasteiger partial charge in [0, 0.05) is 12.0 Å². The number of unbranched alkanes of at least 4 members (excludes halogenated alkanes) is 1. The summed E-state index contributed by atoms with van der Waals surface area (Å²) in [5.74, 6) is -0.0282. The molecule has 0 spiro atoms. The number of carboxylic acids is 1. The van der Waals surface area contributed by atoms with Gasteiger partial charge in [-0.15, -0.1) is 0 Å². The highest BCUT2D eigenvalue weighted by atomic mass is 32.2. The SMILES string of the molecule is CSCCC(OC(=O)C1=C(c2ccccc2C)C=C(CCCCC2CCCCC2)CC1C)C(=O)O. The van der Waals surface area contributed by atoms with Crippen LogP contribution in [0.4, 0.5) is 0 Å². The maximum absolute atomic E-state index is 13.3. The number of ether oxygens (including phenoxy) is 1. The summed E-state index contributed by atoms with van der Waals surface area (Å²) in [5, 5.41) is 9.58. The van der Waals surface area contributed by atoms with Gasteiger partial charge in [0.2, 0.25) is 0 Å². The van der Waals surface area contributed by atoms with E-state index in [9.17, 15) is 14.7 Å². The van der Waals surface area contributed by atoms with Gasteiger partial charge in [-0.25, -0.2) is 9.59 Å². The molecule has 5 heteroatoms. The van der Waals surface area contributed by atoms with Crippen LogP contribution in [-0.4, -0.2) is 35.2 Å². The van der Waals surface area contributed by atoms with Gasteiger partial charge in [0.15, 0.2) is 6.10 Å². The lowest BCUT2D eigenvalue weighted by molar-refractivity contribution is -0.161. The Morgan fingerprint density at radius 1 is 1.14 bits per heavy atom. The van der Waals surface area contributed by atoms with E-state index < -0.39 is 18.0 Å². The monoisotopic (exact) mass is 498 g/mol. The minimum absolute atomic E-state index is 0.00885. The first-order chi connectivity index (χ1) is 16.9. The van der Waals surface area contributed by atoms with Gasteiger partial charge in [0.05, 0.1) is 0 Å². The average molecular weight is 499 g/mol. The first-order valence-corrected chi connectivity index (χ1v) is 14.7. The van der Waals surface area contributed by atoms with Crippen LogP contribution in [0, 0.1) is 18.8 Å². The van der Waals surface area contributed by atoms with Crippen LogP contribution in [-0.2, 0) is 14.3 Å². The number of aryl methyl sites for hydroxylation is 1. The Bertz CT molecular complexity index is 926. The highest BCUT2D eigenvalue weighted by molar-refractivity contribution is 7.98. The number of carbonyl (C=O) groups is 2. The molecule has 192 valence electrons. The number of esters is 1. The summed E-state index contributed by atoms with van der Waals surface area (Å²) >= 11 is 1.55. The van der Waals surface area contributed by atoms with Crippen LogP contribution in [0.5, 0.6) is 0 Å². The molecule has 3 rings (SSSR count). The topological polar surface area (TPSA) is 63.6 Å². The highest BCUT2D eigenvalue weighted by Crippen LogP contribution is 2.39. The maximum Gasteiger partial charge on any atom is 0.345 e. The van der Waals surface area contributed by atoms with E-state index in [0.29, 0.717) is 17.7 Å². The zero-order valence-electron chi connectivity index (χ0n) is 21.7. The molecule has 0 aromatic heterocycles. The molecule has 0 saturated heterocycles. The zero-order valence-corrected chi connectivity index (χ0v) is 22.5. The van der Waals surface area contributed by atoms with E-state index in [1.807, 2.05) is 18.4 Å². The minimum atomic E-state index is -1.11. The molecule has 1 aromatic carbocycles. The number of thioether (sulfide) groups is 1. The van der Waals surface area contributed by atoms with Gasteiger partial charge in [-0.05, 0) is 66.7 Å². The largest absolute Gasteiger partial charge is 0.479 e. The zero-order chi connectivity index (χ0) is 25.2. The molecule has 0 heterocycles. The van der Waals surface area contributed by atoms with Gasteiger partial charge < -0.3 is 9.84 Å². The molecule has 1 N–H and O–H groups in total. The molecule has 0 amide bonds. The van der Waals surface area contributed by atoms with Gasteiger partial charge >= 0.3 is 11.9 Å². The Morgan fingerprint density at radius 3 is 2.57 bits per heavy atom. The molecule has 1 saturated carbocycles. The molecule has 4 nitrogen and oxygen atoms in total. The van der Waals surface area contributed by atoms with Crippen LogP contribution in [0.2, 0.25) is 0 Å².